The zero-order valence-corrected chi connectivity index (χ0v) is 24.0. The van der Waals surface area contributed by atoms with Crippen molar-refractivity contribution in [3.05, 3.63) is 59.1 Å². The summed E-state index contributed by atoms with van der Waals surface area (Å²) in [6, 6.07) is 10.1. The summed E-state index contributed by atoms with van der Waals surface area (Å²) in [6.07, 6.45) is 7.54. The highest BCUT2D eigenvalue weighted by Gasteiger charge is 2.42. The van der Waals surface area contributed by atoms with E-state index in [9.17, 15) is 9.59 Å². The molecule has 2 bridgehead atoms. The van der Waals surface area contributed by atoms with Gasteiger partial charge < -0.3 is 25.3 Å². The Morgan fingerprint density at radius 2 is 2.02 bits per heavy atom. The highest BCUT2D eigenvalue weighted by molar-refractivity contribution is 5.98. The number of aromatic nitrogens is 4. The molecule has 42 heavy (non-hydrogen) atoms. The maximum absolute atomic E-state index is 13.7. The molecule has 3 aliphatic heterocycles. The predicted molar refractivity (Wildman–Crippen MR) is 158 cm³/mol. The highest BCUT2D eigenvalue weighted by atomic mass is 16.5. The van der Waals surface area contributed by atoms with Gasteiger partial charge in [-0.3, -0.25) is 14.0 Å². The molecular weight excluding hydrogens is 530 g/mol. The molecule has 2 amide bonds. The van der Waals surface area contributed by atoms with Gasteiger partial charge in [0, 0.05) is 65.9 Å². The Morgan fingerprint density at radius 1 is 1.17 bits per heavy atom. The second kappa shape index (κ2) is 9.42. The van der Waals surface area contributed by atoms with E-state index in [0.29, 0.717) is 36.0 Å². The Hall–Kier alpha value is -4.18. The third kappa shape index (κ3) is 3.95. The van der Waals surface area contributed by atoms with Gasteiger partial charge in [-0.05, 0) is 69.2 Å². The quantitative estimate of drug-likeness (QED) is 0.366. The second-order valence-electron chi connectivity index (χ2n) is 12.3. The van der Waals surface area contributed by atoms with E-state index >= 15 is 0 Å². The third-order valence-electron chi connectivity index (χ3n) is 9.55. The van der Waals surface area contributed by atoms with Crippen LogP contribution in [0.4, 0.5) is 0 Å². The number of nitrogens with two attached hydrogens (primary N) is 1. The minimum atomic E-state index is -0.0867. The molecule has 2 saturated heterocycles. The SMILES string of the molecule is COc1cc(C(=O)N2C3=CC[C@H]2C[C@H]3N)cc2nc(-c3cc4ccc([C@H]5CCNC(=O)C5)nc4n3CC3CC3)c(C)n12. The van der Waals surface area contributed by atoms with Gasteiger partial charge in [-0.1, -0.05) is 6.08 Å². The van der Waals surface area contributed by atoms with Crippen molar-refractivity contribution in [2.75, 3.05) is 13.7 Å². The van der Waals surface area contributed by atoms with Crippen LogP contribution in [-0.4, -0.2) is 61.4 Å². The number of nitrogens with zero attached hydrogens (tertiary/aromatic N) is 5. The third-order valence-corrected chi connectivity index (χ3v) is 9.55. The number of nitrogens with one attached hydrogen (secondary N) is 1. The Labute approximate surface area is 243 Å². The summed E-state index contributed by atoms with van der Waals surface area (Å²) in [4.78, 5) is 37.9. The summed E-state index contributed by atoms with van der Waals surface area (Å²) in [5.41, 5.74) is 13.1. The fourth-order valence-corrected chi connectivity index (χ4v) is 7.18. The molecule has 4 aliphatic rings. The van der Waals surface area contributed by atoms with E-state index < -0.39 is 0 Å². The average Bonchev–Trinajstić information content (AvgIpc) is 3.31. The molecule has 10 nitrogen and oxygen atoms in total. The van der Waals surface area contributed by atoms with Crippen LogP contribution in [-0.2, 0) is 11.3 Å². The van der Waals surface area contributed by atoms with Crippen molar-refractivity contribution in [2.24, 2.45) is 11.7 Å². The first kappa shape index (κ1) is 25.5. The van der Waals surface area contributed by atoms with Crippen molar-refractivity contribution in [3.8, 4) is 17.3 Å². The van der Waals surface area contributed by atoms with E-state index in [1.54, 1.807) is 7.11 Å². The van der Waals surface area contributed by atoms with Crippen LogP contribution in [0.2, 0.25) is 0 Å². The van der Waals surface area contributed by atoms with E-state index in [0.717, 1.165) is 65.3 Å². The lowest BCUT2D eigenvalue weighted by Crippen LogP contribution is -2.32. The van der Waals surface area contributed by atoms with Crippen LogP contribution in [0.25, 0.3) is 28.1 Å². The van der Waals surface area contributed by atoms with Gasteiger partial charge in [0.15, 0.2) is 5.88 Å². The van der Waals surface area contributed by atoms with Gasteiger partial charge in [-0.15, -0.1) is 0 Å². The van der Waals surface area contributed by atoms with Crippen LogP contribution >= 0.6 is 0 Å². The smallest absolute Gasteiger partial charge is 0.258 e. The van der Waals surface area contributed by atoms with Crippen LogP contribution in [0.5, 0.6) is 5.88 Å². The molecule has 216 valence electrons. The number of amides is 2. The lowest BCUT2D eigenvalue weighted by atomic mass is 9.93. The van der Waals surface area contributed by atoms with Crippen molar-refractivity contribution in [1.82, 2.24) is 29.2 Å². The van der Waals surface area contributed by atoms with Gasteiger partial charge >= 0.3 is 0 Å². The zero-order valence-electron chi connectivity index (χ0n) is 24.0. The molecular formula is C32H35N7O3. The summed E-state index contributed by atoms with van der Waals surface area (Å²) in [5, 5.41) is 3.99. The first-order chi connectivity index (χ1) is 20.4. The number of hydrogen-bond donors (Lipinski definition) is 2. The van der Waals surface area contributed by atoms with Gasteiger partial charge in [0.2, 0.25) is 5.91 Å². The number of rotatable bonds is 6. The van der Waals surface area contributed by atoms with E-state index in [2.05, 4.69) is 34.2 Å². The minimum absolute atomic E-state index is 0.0596. The Balaban J connectivity index is 1.23. The number of methoxy groups -OCH3 is 1. The second-order valence-corrected chi connectivity index (χ2v) is 12.3. The molecule has 1 aliphatic carbocycles. The number of fused-ring (bicyclic) bond motifs is 4. The number of carbonyl (C=O) groups is 2. The molecule has 1 saturated carbocycles. The predicted octanol–water partition coefficient (Wildman–Crippen LogP) is 3.90. The molecule has 3 fully saturated rings. The summed E-state index contributed by atoms with van der Waals surface area (Å²) in [6.45, 7) is 3.61. The number of ether oxygens (including phenoxy) is 1. The van der Waals surface area contributed by atoms with Crippen LogP contribution in [0.3, 0.4) is 0 Å². The van der Waals surface area contributed by atoms with Crippen LogP contribution in [0.1, 0.15) is 66.2 Å². The molecule has 0 spiro atoms. The highest BCUT2D eigenvalue weighted by Crippen LogP contribution is 2.40. The molecule has 4 aromatic rings. The van der Waals surface area contributed by atoms with Gasteiger partial charge in [0.05, 0.1) is 18.5 Å². The summed E-state index contributed by atoms with van der Waals surface area (Å²) >= 11 is 0. The molecule has 4 aromatic heterocycles. The van der Waals surface area contributed by atoms with Crippen LogP contribution in [0, 0.1) is 12.8 Å². The Kier molecular flexibility index (Phi) is 5.72. The Morgan fingerprint density at radius 3 is 2.74 bits per heavy atom. The topological polar surface area (TPSA) is 120 Å². The van der Waals surface area contributed by atoms with Crippen molar-refractivity contribution < 1.29 is 14.3 Å². The van der Waals surface area contributed by atoms with Crippen LogP contribution in [0.15, 0.2) is 42.1 Å². The monoisotopic (exact) mass is 565 g/mol. The van der Waals surface area contributed by atoms with Crippen molar-refractivity contribution in [1.29, 1.82) is 0 Å². The first-order valence-corrected chi connectivity index (χ1v) is 15.0. The van der Waals surface area contributed by atoms with Gasteiger partial charge in [0.1, 0.15) is 17.0 Å². The van der Waals surface area contributed by atoms with Gasteiger partial charge in [-0.2, -0.15) is 0 Å². The maximum atomic E-state index is 13.7. The number of aryl methyl sites for hydroxylation is 1. The van der Waals surface area contributed by atoms with Gasteiger partial charge in [-0.25, -0.2) is 9.97 Å². The molecule has 3 N–H and O–H groups in total. The summed E-state index contributed by atoms with van der Waals surface area (Å²) in [7, 11) is 1.63. The first-order valence-electron chi connectivity index (χ1n) is 15.0. The summed E-state index contributed by atoms with van der Waals surface area (Å²) < 4.78 is 10.1. The molecule has 10 heteroatoms. The largest absolute Gasteiger partial charge is 0.482 e. The maximum Gasteiger partial charge on any atom is 0.258 e. The molecule has 8 rings (SSSR count). The fraction of sp³-hybridized carbons (Fsp3) is 0.438. The Bertz CT molecular complexity index is 1810. The number of pyridine rings is 2. The molecule has 0 aromatic carbocycles. The van der Waals surface area contributed by atoms with E-state index in [-0.39, 0.29) is 29.8 Å². The average molecular weight is 566 g/mol. The normalized spacial score (nSPS) is 23.6. The number of imidazole rings is 1. The van der Waals surface area contributed by atoms with E-state index in [1.807, 2.05) is 28.4 Å². The standard InChI is InChI=1S/C32H35N7O3/c1-17-30(36-27-12-21(14-29(42-2)38(17)27)32(41)39-22-6-8-25(39)23(33)15-22)26-11-20-5-7-24(19-9-10-34-28(40)13-19)35-31(20)37(26)16-18-3-4-18/h5,7-8,11-12,14,18-19,22-23H,3-4,6,9-10,13,15-16,33H2,1-2H3,(H,34,40)/t19-,22-,23+/m0/s1. The minimum Gasteiger partial charge on any atom is -0.482 e. The van der Waals surface area contributed by atoms with E-state index in [1.165, 1.54) is 12.8 Å². The van der Waals surface area contributed by atoms with Crippen LogP contribution < -0.4 is 15.8 Å². The molecule has 3 atom stereocenters. The fourth-order valence-electron chi connectivity index (χ4n) is 7.18. The number of hydrogen-bond acceptors (Lipinski definition) is 6. The zero-order chi connectivity index (χ0) is 28.7. The number of piperidine rings is 1. The molecule has 0 unspecified atom stereocenters. The van der Waals surface area contributed by atoms with Gasteiger partial charge in [0.25, 0.3) is 5.91 Å². The molecule has 0 radical (unpaired) electrons. The van der Waals surface area contributed by atoms with Crippen molar-refractivity contribution >= 4 is 28.5 Å². The number of carbonyl (C=O) groups excluding carboxylic acids is 2. The lowest BCUT2D eigenvalue weighted by molar-refractivity contribution is -0.122. The summed E-state index contributed by atoms with van der Waals surface area (Å²) in [5.74, 6) is 1.35. The van der Waals surface area contributed by atoms with Crippen molar-refractivity contribution in [3.63, 3.8) is 0 Å². The molecule has 7 heterocycles. The van der Waals surface area contributed by atoms with E-state index in [4.69, 9.17) is 20.4 Å². The lowest BCUT2D eigenvalue weighted by Gasteiger charge is -2.21. The van der Waals surface area contributed by atoms with Crippen molar-refractivity contribution in [2.45, 2.75) is 70.0 Å².